The largest absolute Gasteiger partial charge is 0.342 e. The third-order valence-corrected chi connectivity index (χ3v) is 4.39. The molecule has 0 radical (unpaired) electrons. The Kier molecular flexibility index (Phi) is 5.08. The van der Waals surface area contributed by atoms with Crippen molar-refractivity contribution in [2.45, 2.75) is 6.42 Å². The van der Waals surface area contributed by atoms with Gasteiger partial charge in [0.25, 0.3) is 0 Å². The van der Waals surface area contributed by atoms with Crippen LogP contribution in [0.1, 0.15) is 17.0 Å². The fraction of sp³-hybridized carbons (Fsp3) is 0.0455. The summed E-state index contributed by atoms with van der Waals surface area (Å²) >= 11 is 5.92. The van der Waals surface area contributed by atoms with Crippen LogP contribution in [0.5, 0.6) is 0 Å². The summed E-state index contributed by atoms with van der Waals surface area (Å²) in [5, 5.41) is 9.45. The molecular formula is C22H17ClN4. The van der Waals surface area contributed by atoms with Crippen LogP contribution in [0.15, 0.2) is 89.1 Å². The molecule has 0 saturated carbocycles. The van der Waals surface area contributed by atoms with Gasteiger partial charge in [-0.1, -0.05) is 66.2 Å². The molecule has 0 bridgehead atoms. The monoisotopic (exact) mass is 372 g/mol. The number of fused-ring (bicyclic) bond motifs is 1. The predicted molar refractivity (Wildman–Crippen MR) is 112 cm³/mol. The quantitative estimate of drug-likeness (QED) is 0.376. The molecule has 0 aliphatic heterocycles. The maximum atomic E-state index is 5.92. The van der Waals surface area contributed by atoms with E-state index in [1.165, 1.54) is 0 Å². The first kappa shape index (κ1) is 17.2. The lowest BCUT2D eigenvalue weighted by molar-refractivity contribution is 1.08. The number of nitrogens with one attached hydrogen (secondary N) is 1. The van der Waals surface area contributed by atoms with Crippen molar-refractivity contribution in [3.05, 3.63) is 101 Å². The molecule has 1 N–H and O–H groups in total. The van der Waals surface area contributed by atoms with Gasteiger partial charge in [-0.2, -0.15) is 10.2 Å². The molecule has 0 fully saturated rings. The number of aromatic amines is 1. The van der Waals surface area contributed by atoms with E-state index in [2.05, 4.69) is 20.2 Å². The maximum Gasteiger partial charge on any atom is 0.113 e. The lowest BCUT2D eigenvalue weighted by Gasteiger charge is -2.03. The fourth-order valence-corrected chi connectivity index (χ4v) is 2.91. The minimum absolute atomic E-state index is 0.566. The molecule has 3 aromatic carbocycles. The molecule has 4 aromatic rings. The predicted octanol–water partition coefficient (Wildman–Crippen LogP) is 5.28. The van der Waals surface area contributed by atoms with Crippen LogP contribution in [-0.2, 0) is 6.42 Å². The van der Waals surface area contributed by atoms with E-state index < -0.39 is 0 Å². The number of hydrogen-bond donors (Lipinski definition) is 1. The average Bonchev–Trinajstić information content (AvgIpc) is 3.12. The van der Waals surface area contributed by atoms with Crippen molar-refractivity contribution < 1.29 is 0 Å². The first-order valence-electron chi connectivity index (χ1n) is 8.62. The zero-order valence-electron chi connectivity index (χ0n) is 14.5. The van der Waals surface area contributed by atoms with E-state index in [-0.39, 0.29) is 0 Å². The molecular weight excluding hydrogens is 356 g/mol. The van der Waals surface area contributed by atoms with Crippen molar-refractivity contribution >= 4 is 34.6 Å². The molecule has 27 heavy (non-hydrogen) atoms. The standard InChI is InChI=1S/C22H17ClN4/c23-18-12-10-16(11-13-18)15-24-27-21(17-6-2-1-3-7-17)14-22-25-19-8-4-5-9-20(19)26-22/h1-13,15H,14H2,(H,25,26)/b24-15+,27-21-. The number of hydrogen-bond acceptors (Lipinski definition) is 3. The van der Waals surface area contributed by atoms with Crippen LogP contribution in [0, 0.1) is 0 Å². The Morgan fingerprint density at radius 2 is 1.67 bits per heavy atom. The molecule has 4 rings (SSSR count). The van der Waals surface area contributed by atoms with Gasteiger partial charge in [-0.15, -0.1) is 0 Å². The van der Waals surface area contributed by atoms with E-state index in [1.807, 2.05) is 78.9 Å². The summed E-state index contributed by atoms with van der Waals surface area (Å²) in [5.41, 5.74) is 4.78. The van der Waals surface area contributed by atoms with Crippen LogP contribution in [0.2, 0.25) is 5.02 Å². The van der Waals surface area contributed by atoms with Gasteiger partial charge in [0.2, 0.25) is 0 Å². The minimum Gasteiger partial charge on any atom is -0.342 e. The normalized spacial score (nSPS) is 12.1. The summed E-state index contributed by atoms with van der Waals surface area (Å²) in [6.07, 6.45) is 2.29. The van der Waals surface area contributed by atoms with Crippen molar-refractivity contribution in [3.8, 4) is 0 Å². The lowest BCUT2D eigenvalue weighted by atomic mass is 10.1. The van der Waals surface area contributed by atoms with Gasteiger partial charge in [-0.05, 0) is 35.4 Å². The number of aromatic nitrogens is 2. The second-order valence-electron chi connectivity index (χ2n) is 6.09. The molecule has 1 aromatic heterocycles. The summed E-state index contributed by atoms with van der Waals surface area (Å²) < 4.78 is 0. The number of para-hydroxylation sites is 2. The second kappa shape index (κ2) is 7.98. The topological polar surface area (TPSA) is 53.4 Å². The number of rotatable bonds is 5. The molecule has 1 heterocycles. The number of halogens is 1. The van der Waals surface area contributed by atoms with Crippen LogP contribution < -0.4 is 0 Å². The van der Waals surface area contributed by atoms with Gasteiger partial charge in [0.05, 0.1) is 29.4 Å². The first-order valence-corrected chi connectivity index (χ1v) is 9.00. The molecule has 5 heteroatoms. The Morgan fingerprint density at radius 1 is 0.926 bits per heavy atom. The zero-order valence-corrected chi connectivity index (χ0v) is 15.3. The van der Waals surface area contributed by atoms with Crippen molar-refractivity contribution in [3.63, 3.8) is 0 Å². The number of imidazole rings is 1. The average molecular weight is 373 g/mol. The third kappa shape index (κ3) is 4.30. The van der Waals surface area contributed by atoms with E-state index in [4.69, 9.17) is 11.6 Å². The highest BCUT2D eigenvalue weighted by atomic mass is 35.5. The molecule has 0 spiro atoms. The smallest absolute Gasteiger partial charge is 0.113 e. The van der Waals surface area contributed by atoms with Crippen molar-refractivity contribution in [2.24, 2.45) is 10.2 Å². The Balaban J connectivity index is 1.63. The first-order chi connectivity index (χ1) is 13.3. The fourth-order valence-electron chi connectivity index (χ4n) is 2.79. The Morgan fingerprint density at radius 3 is 2.44 bits per heavy atom. The van der Waals surface area contributed by atoms with E-state index >= 15 is 0 Å². The molecule has 4 nitrogen and oxygen atoms in total. The molecule has 0 saturated heterocycles. The Hall–Kier alpha value is -3.24. The van der Waals surface area contributed by atoms with Crippen LogP contribution in [0.4, 0.5) is 0 Å². The van der Waals surface area contributed by atoms with Gasteiger partial charge < -0.3 is 4.98 Å². The summed E-state index contributed by atoms with van der Waals surface area (Å²) in [6, 6.07) is 25.5. The second-order valence-corrected chi connectivity index (χ2v) is 6.52. The van der Waals surface area contributed by atoms with Crippen LogP contribution in [0.3, 0.4) is 0 Å². The SMILES string of the molecule is Clc1ccc(/C=N/N=C(/Cc2nc3ccccc3[nH]2)c2ccccc2)cc1. The van der Waals surface area contributed by atoms with E-state index in [9.17, 15) is 0 Å². The van der Waals surface area contributed by atoms with Gasteiger partial charge in [-0.3, -0.25) is 0 Å². The third-order valence-electron chi connectivity index (χ3n) is 4.14. The van der Waals surface area contributed by atoms with Gasteiger partial charge in [-0.25, -0.2) is 4.98 Å². The lowest BCUT2D eigenvalue weighted by Crippen LogP contribution is -2.06. The number of nitrogens with zero attached hydrogens (tertiary/aromatic N) is 3. The summed E-state index contributed by atoms with van der Waals surface area (Å²) in [5.74, 6) is 0.862. The van der Waals surface area contributed by atoms with Crippen LogP contribution in [0.25, 0.3) is 11.0 Å². The Bertz CT molecular complexity index is 1060. The molecule has 0 unspecified atom stereocenters. The Labute approximate surface area is 162 Å². The number of benzene rings is 3. The van der Waals surface area contributed by atoms with Crippen LogP contribution >= 0.6 is 11.6 Å². The zero-order chi connectivity index (χ0) is 18.5. The highest BCUT2D eigenvalue weighted by Gasteiger charge is 2.09. The molecule has 0 atom stereocenters. The molecule has 0 aliphatic carbocycles. The van der Waals surface area contributed by atoms with E-state index in [1.54, 1.807) is 6.21 Å². The molecule has 0 amide bonds. The number of H-pyrrole nitrogens is 1. The van der Waals surface area contributed by atoms with Crippen molar-refractivity contribution in [1.82, 2.24) is 9.97 Å². The van der Waals surface area contributed by atoms with Gasteiger partial charge in [0.15, 0.2) is 0 Å². The van der Waals surface area contributed by atoms with E-state index in [0.29, 0.717) is 11.4 Å². The van der Waals surface area contributed by atoms with E-state index in [0.717, 1.165) is 33.7 Å². The maximum absolute atomic E-state index is 5.92. The highest BCUT2D eigenvalue weighted by molar-refractivity contribution is 6.30. The summed E-state index contributed by atoms with van der Waals surface area (Å²) in [6.45, 7) is 0. The van der Waals surface area contributed by atoms with Gasteiger partial charge in [0, 0.05) is 5.02 Å². The van der Waals surface area contributed by atoms with Crippen molar-refractivity contribution in [1.29, 1.82) is 0 Å². The van der Waals surface area contributed by atoms with Crippen LogP contribution in [-0.4, -0.2) is 21.9 Å². The van der Waals surface area contributed by atoms with Gasteiger partial charge in [0.1, 0.15) is 5.82 Å². The van der Waals surface area contributed by atoms with Gasteiger partial charge >= 0.3 is 0 Å². The molecule has 0 aliphatic rings. The molecule has 132 valence electrons. The highest BCUT2D eigenvalue weighted by Crippen LogP contribution is 2.13. The summed E-state index contributed by atoms with van der Waals surface area (Å²) in [4.78, 5) is 8.00. The summed E-state index contributed by atoms with van der Waals surface area (Å²) in [7, 11) is 0. The van der Waals surface area contributed by atoms with Crippen molar-refractivity contribution in [2.75, 3.05) is 0 Å². The minimum atomic E-state index is 0.566.